The van der Waals surface area contributed by atoms with Gasteiger partial charge >= 0.3 is 5.97 Å². The first-order chi connectivity index (χ1) is 5.09. The average Bonchev–Trinajstić information content (AvgIpc) is 1.98. The molecule has 0 bridgehead atoms. The van der Waals surface area contributed by atoms with Crippen LogP contribution in [0.2, 0.25) is 0 Å². The molecule has 0 fully saturated rings. The maximum atomic E-state index is 10.3. The quantitative estimate of drug-likeness (QED) is 0.479. The number of carboxylic acid groups (broad SMARTS) is 1. The lowest BCUT2D eigenvalue weighted by Gasteiger charge is -2.08. The van der Waals surface area contributed by atoms with Gasteiger partial charge in [-0.05, 0) is 25.0 Å². The maximum Gasteiger partial charge on any atom is 0.324 e. The highest BCUT2D eigenvalue weighted by molar-refractivity contribution is 5.76. The lowest BCUT2D eigenvalue weighted by molar-refractivity contribution is -0.137. The lowest BCUT2D eigenvalue weighted by Crippen LogP contribution is -2.31. The summed E-state index contributed by atoms with van der Waals surface area (Å²) >= 11 is 0. The van der Waals surface area contributed by atoms with Crippen molar-refractivity contribution < 1.29 is 9.90 Å². The molecule has 0 aliphatic carbocycles. The predicted molar refractivity (Wildman–Crippen MR) is 43.0 cm³/mol. The third-order valence-corrected chi connectivity index (χ3v) is 1.41. The van der Waals surface area contributed by atoms with Crippen LogP contribution in [0, 0.1) is 0 Å². The van der Waals surface area contributed by atoms with E-state index in [1.807, 2.05) is 0 Å². The van der Waals surface area contributed by atoms with E-state index in [-0.39, 0.29) is 0 Å². The highest BCUT2D eigenvalue weighted by atomic mass is 16.4. The number of carbonyl (C=O) groups is 1. The van der Waals surface area contributed by atoms with Gasteiger partial charge in [-0.15, -0.1) is 0 Å². The molecule has 0 radical (unpaired) electrons. The average molecular weight is 158 g/mol. The molecule has 0 amide bonds. The number of hydrogen-bond acceptors (Lipinski definition) is 3. The van der Waals surface area contributed by atoms with Crippen LogP contribution in [0.1, 0.15) is 12.8 Å². The van der Waals surface area contributed by atoms with Crippen molar-refractivity contribution in [1.82, 2.24) is 0 Å². The van der Waals surface area contributed by atoms with E-state index in [2.05, 4.69) is 6.58 Å². The van der Waals surface area contributed by atoms with Crippen LogP contribution < -0.4 is 11.5 Å². The highest BCUT2D eigenvalue weighted by Crippen LogP contribution is 2.04. The van der Waals surface area contributed by atoms with Crippen LogP contribution in [0.25, 0.3) is 0 Å². The van der Waals surface area contributed by atoms with Crippen molar-refractivity contribution in [1.29, 1.82) is 0 Å². The van der Waals surface area contributed by atoms with Crippen LogP contribution in [-0.4, -0.2) is 23.7 Å². The van der Waals surface area contributed by atoms with Crippen LogP contribution in [0.5, 0.6) is 0 Å². The summed E-state index contributed by atoms with van der Waals surface area (Å²) in [5.41, 5.74) is 11.0. The first-order valence-corrected chi connectivity index (χ1v) is 3.45. The molecular weight excluding hydrogens is 144 g/mol. The molecule has 0 unspecified atom stereocenters. The van der Waals surface area contributed by atoms with Gasteiger partial charge in [0.15, 0.2) is 0 Å². The minimum absolute atomic E-state index is 0.531. The lowest BCUT2D eigenvalue weighted by atomic mass is 10.1. The summed E-state index contributed by atoms with van der Waals surface area (Å²) in [4.78, 5) is 10.3. The van der Waals surface area contributed by atoms with Gasteiger partial charge in [-0.3, -0.25) is 4.79 Å². The third kappa shape index (κ3) is 3.75. The fourth-order valence-corrected chi connectivity index (χ4v) is 0.659. The first kappa shape index (κ1) is 10.1. The molecule has 0 heterocycles. The van der Waals surface area contributed by atoms with Crippen LogP contribution in [0.3, 0.4) is 0 Å². The van der Waals surface area contributed by atoms with Crippen LogP contribution in [-0.2, 0) is 4.79 Å². The van der Waals surface area contributed by atoms with Gasteiger partial charge in [0, 0.05) is 0 Å². The molecule has 0 saturated heterocycles. The smallest absolute Gasteiger partial charge is 0.324 e. The van der Waals surface area contributed by atoms with Gasteiger partial charge in [-0.1, -0.05) is 6.58 Å². The summed E-state index contributed by atoms with van der Waals surface area (Å²) < 4.78 is 0. The van der Waals surface area contributed by atoms with Gasteiger partial charge in [-0.25, -0.2) is 0 Å². The number of hydrogen-bond donors (Lipinski definition) is 3. The Morgan fingerprint density at radius 1 is 1.64 bits per heavy atom. The summed E-state index contributed by atoms with van der Waals surface area (Å²) in [7, 11) is 0. The molecule has 0 aromatic heterocycles. The molecule has 0 aliphatic heterocycles. The Morgan fingerprint density at radius 2 is 2.18 bits per heavy atom. The second kappa shape index (κ2) is 4.87. The van der Waals surface area contributed by atoms with Crippen LogP contribution >= 0.6 is 0 Å². The Labute approximate surface area is 65.9 Å². The van der Waals surface area contributed by atoms with Crippen molar-refractivity contribution in [3.8, 4) is 0 Å². The van der Waals surface area contributed by atoms with E-state index in [4.69, 9.17) is 16.6 Å². The Hall–Kier alpha value is -0.870. The van der Waals surface area contributed by atoms with E-state index in [0.29, 0.717) is 18.5 Å². The van der Waals surface area contributed by atoms with Crippen LogP contribution in [0.15, 0.2) is 12.2 Å². The van der Waals surface area contributed by atoms with Crippen molar-refractivity contribution in [3.63, 3.8) is 0 Å². The Morgan fingerprint density at radius 3 is 2.55 bits per heavy atom. The Balaban J connectivity index is 3.74. The largest absolute Gasteiger partial charge is 0.480 e. The summed E-state index contributed by atoms with van der Waals surface area (Å²) in [6.07, 6.45) is 1.32. The topological polar surface area (TPSA) is 89.3 Å². The Kier molecular flexibility index (Phi) is 4.49. The fraction of sp³-hybridized carbons (Fsp3) is 0.571. The summed E-state index contributed by atoms with van der Waals surface area (Å²) in [6, 6.07) is -0.943. The summed E-state index contributed by atoms with van der Waals surface area (Å²) in [5.74, 6) is -1.04. The molecule has 64 valence electrons. The van der Waals surface area contributed by atoms with Crippen molar-refractivity contribution in [2.75, 3.05) is 6.54 Å². The van der Waals surface area contributed by atoms with Crippen molar-refractivity contribution >= 4 is 5.97 Å². The van der Waals surface area contributed by atoms with Gasteiger partial charge in [0.2, 0.25) is 0 Å². The fourth-order valence-electron chi connectivity index (χ4n) is 0.659. The molecule has 4 heteroatoms. The van der Waals surface area contributed by atoms with Gasteiger partial charge in [0.25, 0.3) is 0 Å². The van der Waals surface area contributed by atoms with Crippen molar-refractivity contribution in [3.05, 3.63) is 12.2 Å². The summed E-state index contributed by atoms with van der Waals surface area (Å²) in [5, 5.41) is 8.43. The van der Waals surface area contributed by atoms with E-state index < -0.39 is 12.0 Å². The molecule has 1 atom stereocenters. The molecule has 0 spiro atoms. The molecule has 0 saturated carbocycles. The second-order valence-corrected chi connectivity index (χ2v) is 2.37. The molecule has 4 nitrogen and oxygen atoms in total. The minimum Gasteiger partial charge on any atom is -0.480 e. The van der Waals surface area contributed by atoms with Crippen molar-refractivity contribution in [2.45, 2.75) is 18.9 Å². The van der Waals surface area contributed by atoms with Gasteiger partial charge in [0.05, 0.1) is 0 Å². The zero-order valence-corrected chi connectivity index (χ0v) is 6.42. The normalized spacial score (nSPS) is 12.5. The standard InChI is InChI=1S/C7H14N2O2/c1-5(3-2-4-8)6(9)7(10)11/h6H,1-4,8-9H2,(H,10,11)/t6-/m0/s1. The molecule has 0 aromatic carbocycles. The molecule has 0 rings (SSSR count). The monoisotopic (exact) mass is 158 g/mol. The van der Waals surface area contributed by atoms with Crippen LogP contribution in [0.4, 0.5) is 0 Å². The summed E-state index contributed by atoms with van der Waals surface area (Å²) in [6.45, 7) is 4.09. The maximum absolute atomic E-state index is 10.3. The molecule has 11 heavy (non-hydrogen) atoms. The van der Waals surface area contributed by atoms with Gasteiger partial charge in [0.1, 0.15) is 6.04 Å². The Bertz CT molecular complexity index is 157. The van der Waals surface area contributed by atoms with E-state index in [1.165, 1.54) is 0 Å². The van der Waals surface area contributed by atoms with E-state index in [1.54, 1.807) is 0 Å². The van der Waals surface area contributed by atoms with E-state index in [9.17, 15) is 4.79 Å². The van der Waals surface area contributed by atoms with E-state index in [0.717, 1.165) is 6.42 Å². The first-order valence-electron chi connectivity index (χ1n) is 3.45. The zero-order chi connectivity index (χ0) is 8.85. The third-order valence-electron chi connectivity index (χ3n) is 1.41. The molecule has 5 N–H and O–H groups in total. The second-order valence-electron chi connectivity index (χ2n) is 2.37. The highest BCUT2D eigenvalue weighted by Gasteiger charge is 2.13. The van der Waals surface area contributed by atoms with Gasteiger partial charge in [-0.2, -0.15) is 0 Å². The number of carboxylic acids is 1. The molecule has 0 aromatic rings. The molecule has 0 aliphatic rings. The van der Waals surface area contributed by atoms with Crippen molar-refractivity contribution in [2.24, 2.45) is 11.5 Å². The predicted octanol–water partition coefficient (Wildman–Crippen LogP) is -0.307. The number of aliphatic carboxylic acids is 1. The van der Waals surface area contributed by atoms with Gasteiger partial charge < -0.3 is 16.6 Å². The number of nitrogens with two attached hydrogens (primary N) is 2. The number of rotatable bonds is 5. The zero-order valence-electron chi connectivity index (χ0n) is 6.42. The SMILES string of the molecule is C=C(CCCN)[C@H](N)C(=O)O. The molecular formula is C7H14N2O2. The minimum atomic E-state index is -1.04. The van der Waals surface area contributed by atoms with E-state index >= 15 is 0 Å².